The lowest BCUT2D eigenvalue weighted by molar-refractivity contribution is -0.384. The standard InChI is InChI=1S/C16H15NO5/c1-3-21-16(18)9-6-12-5-8-15(22-12)13-7-4-11(2)10-14(13)17(19)20/h4-10H,3H2,1-2H3/b9-6+. The summed E-state index contributed by atoms with van der Waals surface area (Å²) in [6, 6.07) is 8.17. The number of nitro benzene ring substituents is 1. The Hall–Kier alpha value is -2.89. The Kier molecular flexibility index (Phi) is 4.73. The molecule has 0 unspecified atom stereocenters. The van der Waals surface area contributed by atoms with Gasteiger partial charge < -0.3 is 9.15 Å². The number of rotatable bonds is 5. The molecule has 1 aromatic heterocycles. The normalized spacial score (nSPS) is 10.8. The minimum Gasteiger partial charge on any atom is -0.463 e. The van der Waals surface area contributed by atoms with Crippen molar-refractivity contribution in [3.05, 3.63) is 57.8 Å². The van der Waals surface area contributed by atoms with Gasteiger partial charge in [0, 0.05) is 12.1 Å². The van der Waals surface area contributed by atoms with E-state index in [9.17, 15) is 14.9 Å². The summed E-state index contributed by atoms with van der Waals surface area (Å²) in [7, 11) is 0. The zero-order chi connectivity index (χ0) is 16.1. The number of nitro groups is 1. The fourth-order valence-corrected chi connectivity index (χ4v) is 1.93. The summed E-state index contributed by atoms with van der Waals surface area (Å²) in [5, 5.41) is 11.1. The van der Waals surface area contributed by atoms with Crippen molar-refractivity contribution in [1.82, 2.24) is 0 Å². The van der Waals surface area contributed by atoms with Gasteiger partial charge in [-0.2, -0.15) is 0 Å². The van der Waals surface area contributed by atoms with Crippen molar-refractivity contribution in [1.29, 1.82) is 0 Å². The quantitative estimate of drug-likeness (QED) is 0.363. The summed E-state index contributed by atoms with van der Waals surface area (Å²) in [6.07, 6.45) is 2.71. The zero-order valence-corrected chi connectivity index (χ0v) is 12.2. The molecule has 114 valence electrons. The lowest BCUT2D eigenvalue weighted by Gasteiger charge is -2.01. The van der Waals surface area contributed by atoms with Crippen LogP contribution in [-0.2, 0) is 9.53 Å². The lowest BCUT2D eigenvalue weighted by atomic mass is 10.1. The predicted octanol–water partition coefficient (Wildman–Crippen LogP) is 3.74. The number of carbonyl (C=O) groups is 1. The first-order valence-corrected chi connectivity index (χ1v) is 6.71. The third kappa shape index (κ3) is 3.60. The molecule has 0 fully saturated rings. The lowest BCUT2D eigenvalue weighted by Crippen LogP contribution is -1.98. The van der Waals surface area contributed by atoms with Gasteiger partial charge in [0.2, 0.25) is 0 Å². The first-order chi connectivity index (χ1) is 10.5. The van der Waals surface area contributed by atoms with Crippen molar-refractivity contribution in [2.24, 2.45) is 0 Å². The van der Waals surface area contributed by atoms with Crippen LogP contribution in [0.2, 0.25) is 0 Å². The van der Waals surface area contributed by atoms with E-state index >= 15 is 0 Å². The molecule has 0 saturated heterocycles. The Morgan fingerprint density at radius 1 is 1.36 bits per heavy atom. The Bertz CT molecular complexity index is 730. The van der Waals surface area contributed by atoms with E-state index < -0.39 is 10.9 Å². The maximum absolute atomic E-state index is 11.2. The Labute approximate surface area is 127 Å². The smallest absolute Gasteiger partial charge is 0.330 e. The molecule has 2 rings (SSSR count). The number of aryl methyl sites for hydroxylation is 1. The molecule has 1 aromatic carbocycles. The third-order valence-corrected chi connectivity index (χ3v) is 2.91. The number of benzene rings is 1. The molecule has 6 heteroatoms. The second-order valence-electron chi connectivity index (χ2n) is 4.57. The molecule has 0 aliphatic carbocycles. The highest BCUT2D eigenvalue weighted by Gasteiger charge is 2.17. The maximum atomic E-state index is 11.2. The molecule has 0 radical (unpaired) electrons. The molecule has 0 saturated carbocycles. The fourth-order valence-electron chi connectivity index (χ4n) is 1.93. The topological polar surface area (TPSA) is 82.6 Å². The highest BCUT2D eigenvalue weighted by molar-refractivity contribution is 5.86. The summed E-state index contributed by atoms with van der Waals surface area (Å²) in [4.78, 5) is 21.9. The van der Waals surface area contributed by atoms with Gasteiger partial charge in [0.15, 0.2) is 0 Å². The van der Waals surface area contributed by atoms with E-state index in [0.717, 1.165) is 5.56 Å². The monoisotopic (exact) mass is 301 g/mol. The molecule has 0 amide bonds. The van der Waals surface area contributed by atoms with Gasteiger partial charge in [-0.15, -0.1) is 0 Å². The van der Waals surface area contributed by atoms with Gasteiger partial charge in [0.25, 0.3) is 5.69 Å². The van der Waals surface area contributed by atoms with E-state index in [2.05, 4.69) is 0 Å². The second kappa shape index (κ2) is 6.71. The first-order valence-electron chi connectivity index (χ1n) is 6.71. The predicted molar refractivity (Wildman–Crippen MR) is 81.2 cm³/mol. The molecule has 6 nitrogen and oxygen atoms in total. The van der Waals surface area contributed by atoms with E-state index in [1.165, 1.54) is 18.2 Å². The van der Waals surface area contributed by atoms with Crippen LogP contribution in [0.5, 0.6) is 0 Å². The summed E-state index contributed by atoms with van der Waals surface area (Å²) in [6.45, 7) is 3.79. The van der Waals surface area contributed by atoms with Crippen LogP contribution >= 0.6 is 0 Å². The second-order valence-corrected chi connectivity index (χ2v) is 4.57. The molecule has 22 heavy (non-hydrogen) atoms. The molecule has 0 N–H and O–H groups in total. The molecule has 2 aromatic rings. The molecule has 0 aliphatic heterocycles. The van der Waals surface area contributed by atoms with Crippen molar-refractivity contribution >= 4 is 17.7 Å². The van der Waals surface area contributed by atoms with Gasteiger partial charge in [0.1, 0.15) is 11.5 Å². The summed E-state index contributed by atoms with van der Waals surface area (Å²) in [5.41, 5.74) is 1.17. The first kappa shape index (κ1) is 15.5. The van der Waals surface area contributed by atoms with E-state index in [1.54, 1.807) is 38.1 Å². The molecule has 0 atom stereocenters. The number of hydrogen-bond donors (Lipinski definition) is 0. The maximum Gasteiger partial charge on any atom is 0.330 e. The average Bonchev–Trinajstić information content (AvgIpc) is 2.94. The average molecular weight is 301 g/mol. The fraction of sp³-hybridized carbons (Fsp3) is 0.188. The third-order valence-electron chi connectivity index (χ3n) is 2.91. The van der Waals surface area contributed by atoms with E-state index in [0.29, 0.717) is 23.7 Å². The van der Waals surface area contributed by atoms with Crippen LogP contribution in [0.4, 0.5) is 5.69 Å². The molecule has 0 aliphatic rings. The highest BCUT2D eigenvalue weighted by atomic mass is 16.6. The van der Waals surface area contributed by atoms with Crippen molar-refractivity contribution in [2.75, 3.05) is 6.61 Å². The number of ether oxygens (including phenoxy) is 1. The number of carbonyl (C=O) groups excluding carboxylic acids is 1. The van der Waals surface area contributed by atoms with Crippen LogP contribution < -0.4 is 0 Å². The number of nitrogens with zero attached hydrogens (tertiary/aromatic N) is 1. The largest absolute Gasteiger partial charge is 0.463 e. The van der Waals surface area contributed by atoms with Gasteiger partial charge in [-0.3, -0.25) is 10.1 Å². The zero-order valence-electron chi connectivity index (χ0n) is 12.2. The van der Waals surface area contributed by atoms with Crippen molar-refractivity contribution < 1.29 is 18.9 Å². The molecular formula is C16H15NO5. The number of furan rings is 1. The van der Waals surface area contributed by atoms with Crippen molar-refractivity contribution in [3.8, 4) is 11.3 Å². The van der Waals surface area contributed by atoms with E-state index in [4.69, 9.17) is 9.15 Å². The number of esters is 1. The van der Waals surface area contributed by atoms with Crippen molar-refractivity contribution in [2.45, 2.75) is 13.8 Å². The minimum absolute atomic E-state index is 0.0183. The Morgan fingerprint density at radius 3 is 2.82 bits per heavy atom. The van der Waals surface area contributed by atoms with Crippen LogP contribution in [0.3, 0.4) is 0 Å². The summed E-state index contributed by atoms with van der Waals surface area (Å²) in [5.74, 6) is 0.315. The van der Waals surface area contributed by atoms with Gasteiger partial charge in [-0.05, 0) is 43.7 Å². The van der Waals surface area contributed by atoms with Crippen LogP contribution in [-0.4, -0.2) is 17.5 Å². The summed E-state index contributed by atoms with van der Waals surface area (Å²) < 4.78 is 10.3. The van der Waals surface area contributed by atoms with E-state index in [-0.39, 0.29) is 5.69 Å². The molecule has 0 bridgehead atoms. The number of hydrogen-bond acceptors (Lipinski definition) is 5. The molecule has 1 heterocycles. The van der Waals surface area contributed by atoms with E-state index in [1.807, 2.05) is 0 Å². The summed E-state index contributed by atoms with van der Waals surface area (Å²) >= 11 is 0. The Morgan fingerprint density at radius 2 is 2.14 bits per heavy atom. The molecule has 0 spiro atoms. The van der Waals surface area contributed by atoms with Crippen molar-refractivity contribution in [3.63, 3.8) is 0 Å². The van der Waals surface area contributed by atoms with Gasteiger partial charge in [-0.25, -0.2) is 4.79 Å². The Balaban J connectivity index is 2.29. The van der Waals surface area contributed by atoms with Gasteiger partial charge in [-0.1, -0.05) is 6.07 Å². The SMILES string of the molecule is CCOC(=O)/C=C/c1ccc(-c2ccc(C)cc2[N+](=O)[O-])o1. The van der Waals surface area contributed by atoms with Crippen LogP contribution in [0.25, 0.3) is 17.4 Å². The molecular weight excluding hydrogens is 286 g/mol. The van der Waals surface area contributed by atoms with Crippen LogP contribution in [0.15, 0.2) is 40.8 Å². The highest BCUT2D eigenvalue weighted by Crippen LogP contribution is 2.32. The van der Waals surface area contributed by atoms with Gasteiger partial charge >= 0.3 is 5.97 Å². The van der Waals surface area contributed by atoms with Crippen LogP contribution in [0.1, 0.15) is 18.2 Å². The van der Waals surface area contributed by atoms with Gasteiger partial charge in [0.05, 0.1) is 17.1 Å². The minimum atomic E-state index is -0.471. The van der Waals surface area contributed by atoms with Crippen LogP contribution in [0, 0.1) is 17.0 Å².